The molecule has 1 amide bonds. The Kier molecular flexibility index (Phi) is 3.36. The SMILES string of the molecule is O=C1C(=O)N(Cc2ccccc2Br)c2cc(Cl)ccc21. The smallest absolute Gasteiger partial charge is 0.299 e. The summed E-state index contributed by atoms with van der Waals surface area (Å²) in [6.07, 6.45) is 0. The van der Waals surface area contributed by atoms with Gasteiger partial charge in [0.1, 0.15) is 0 Å². The largest absolute Gasteiger partial charge is 0.300 e. The number of rotatable bonds is 2. The van der Waals surface area contributed by atoms with E-state index >= 15 is 0 Å². The quantitative estimate of drug-likeness (QED) is 0.772. The van der Waals surface area contributed by atoms with E-state index < -0.39 is 11.7 Å². The normalized spacial score (nSPS) is 13.8. The molecule has 0 N–H and O–H groups in total. The Hall–Kier alpha value is -1.65. The minimum Gasteiger partial charge on any atom is -0.300 e. The molecule has 3 nitrogen and oxygen atoms in total. The van der Waals surface area contributed by atoms with E-state index in [0.717, 1.165) is 10.0 Å². The lowest BCUT2D eigenvalue weighted by Gasteiger charge is -2.17. The highest BCUT2D eigenvalue weighted by molar-refractivity contribution is 9.10. The highest BCUT2D eigenvalue weighted by atomic mass is 79.9. The van der Waals surface area contributed by atoms with Gasteiger partial charge in [-0.1, -0.05) is 45.7 Å². The van der Waals surface area contributed by atoms with Crippen LogP contribution in [0.5, 0.6) is 0 Å². The van der Waals surface area contributed by atoms with Crippen LogP contribution < -0.4 is 4.90 Å². The van der Waals surface area contributed by atoms with Crippen LogP contribution in [0.4, 0.5) is 5.69 Å². The van der Waals surface area contributed by atoms with Crippen LogP contribution in [0, 0.1) is 0 Å². The van der Waals surface area contributed by atoms with Crippen molar-refractivity contribution in [3.05, 3.63) is 63.1 Å². The minimum atomic E-state index is -0.516. The number of nitrogens with zero attached hydrogens (tertiary/aromatic N) is 1. The maximum Gasteiger partial charge on any atom is 0.299 e. The first-order valence-corrected chi connectivity index (χ1v) is 7.14. The van der Waals surface area contributed by atoms with Gasteiger partial charge in [0.05, 0.1) is 17.8 Å². The van der Waals surface area contributed by atoms with Crippen LogP contribution in [-0.2, 0) is 11.3 Å². The van der Waals surface area contributed by atoms with Crippen LogP contribution in [0.3, 0.4) is 0 Å². The van der Waals surface area contributed by atoms with E-state index in [1.54, 1.807) is 18.2 Å². The van der Waals surface area contributed by atoms with E-state index in [1.807, 2.05) is 24.3 Å². The number of hydrogen-bond acceptors (Lipinski definition) is 2. The van der Waals surface area contributed by atoms with Crippen molar-refractivity contribution in [2.24, 2.45) is 0 Å². The third kappa shape index (κ3) is 2.15. The molecule has 0 aliphatic carbocycles. The Bertz CT molecular complexity index is 730. The van der Waals surface area contributed by atoms with Gasteiger partial charge in [-0.05, 0) is 29.8 Å². The van der Waals surface area contributed by atoms with Crippen molar-refractivity contribution >= 4 is 44.9 Å². The van der Waals surface area contributed by atoms with E-state index in [0.29, 0.717) is 22.8 Å². The molecule has 0 atom stereocenters. The summed E-state index contributed by atoms with van der Waals surface area (Å²) < 4.78 is 0.899. The van der Waals surface area contributed by atoms with Gasteiger partial charge < -0.3 is 4.90 Å². The van der Waals surface area contributed by atoms with Crippen molar-refractivity contribution in [3.8, 4) is 0 Å². The second-order valence-electron chi connectivity index (χ2n) is 4.47. The van der Waals surface area contributed by atoms with Crippen molar-refractivity contribution in [2.45, 2.75) is 6.54 Å². The number of benzene rings is 2. The molecular weight excluding hydrogens is 342 g/mol. The fourth-order valence-corrected chi connectivity index (χ4v) is 2.80. The zero-order valence-electron chi connectivity index (χ0n) is 10.3. The Morgan fingerprint density at radius 2 is 1.85 bits per heavy atom. The average Bonchev–Trinajstić information content (AvgIpc) is 2.66. The molecule has 20 heavy (non-hydrogen) atoms. The Morgan fingerprint density at radius 1 is 1.10 bits per heavy atom. The van der Waals surface area contributed by atoms with Crippen molar-refractivity contribution < 1.29 is 9.59 Å². The van der Waals surface area contributed by atoms with Crippen LogP contribution in [-0.4, -0.2) is 11.7 Å². The second-order valence-corrected chi connectivity index (χ2v) is 5.76. The molecule has 100 valence electrons. The van der Waals surface area contributed by atoms with E-state index in [-0.39, 0.29) is 0 Å². The van der Waals surface area contributed by atoms with Crippen LogP contribution in [0.1, 0.15) is 15.9 Å². The van der Waals surface area contributed by atoms with E-state index in [1.165, 1.54) is 4.90 Å². The number of halogens is 2. The molecule has 5 heteroatoms. The van der Waals surface area contributed by atoms with Crippen LogP contribution in [0.15, 0.2) is 46.9 Å². The van der Waals surface area contributed by atoms with Crippen LogP contribution in [0.25, 0.3) is 0 Å². The highest BCUT2D eigenvalue weighted by Crippen LogP contribution is 2.33. The van der Waals surface area contributed by atoms with Crippen molar-refractivity contribution in [1.82, 2.24) is 0 Å². The predicted octanol–water partition coefficient (Wildman–Crippen LogP) is 3.83. The monoisotopic (exact) mass is 349 g/mol. The molecular formula is C15H9BrClNO2. The molecule has 3 rings (SSSR count). The third-order valence-electron chi connectivity index (χ3n) is 3.22. The molecule has 2 aromatic carbocycles. The lowest BCUT2D eigenvalue weighted by Crippen LogP contribution is -2.29. The summed E-state index contributed by atoms with van der Waals surface area (Å²) >= 11 is 9.40. The summed E-state index contributed by atoms with van der Waals surface area (Å²) in [6.45, 7) is 0.333. The first kappa shape index (κ1) is 13.3. The highest BCUT2D eigenvalue weighted by Gasteiger charge is 2.35. The number of ketones is 1. The Balaban J connectivity index is 2.03. The number of amides is 1. The van der Waals surface area contributed by atoms with Gasteiger partial charge in [0.25, 0.3) is 11.7 Å². The zero-order valence-corrected chi connectivity index (χ0v) is 12.6. The van der Waals surface area contributed by atoms with E-state index in [9.17, 15) is 9.59 Å². The molecule has 0 aromatic heterocycles. The van der Waals surface area contributed by atoms with Gasteiger partial charge in [0.2, 0.25) is 0 Å². The molecule has 0 radical (unpaired) electrons. The molecule has 0 unspecified atom stereocenters. The van der Waals surface area contributed by atoms with E-state index in [4.69, 9.17) is 11.6 Å². The summed E-state index contributed by atoms with van der Waals surface area (Å²) in [4.78, 5) is 25.5. The number of Topliss-reactive ketones (excluding diaryl/α,β-unsaturated/α-hetero) is 1. The molecule has 1 heterocycles. The van der Waals surface area contributed by atoms with Gasteiger partial charge in [-0.25, -0.2) is 0 Å². The average molecular weight is 351 g/mol. The topological polar surface area (TPSA) is 37.4 Å². The lowest BCUT2D eigenvalue weighted by atomic mass is 10.1. The van der Waals surface area contributed by atoms with Crippen molar-refractivity contribution in [1.29, 1.82) is 0 Å². The fourth-order valence-electron chi connectivity index (χ4n) is 2.22. The summed E-state index contributed by atoms with van der Waals surface area (Å²) in [5, 5.41) is 0.503. The molecule has 1 aliphatic rings. The summed E-state index contributed by atoms with van der Waals surface area (Å²) in [6, 6.07) is 12.5. The van der Waals surface area contributed by atoms with Gasteiger partial charge in [-0.15, -0.1) is 0 Å². The molecule has 0 saturated heterocycles. The molecule has 0 fully saturated rings. The number of carbonyl (C=O) groups is 2. The zero-order chi connectivity index (χ0) is 14.3. The number of anilines is 1. The lowest BCUT2D eigenvalue weighted by molar-refractivity contribution is -0.114. The molecule has 2 aromatic rings. The van der Waals surface area contributed by atoms with Gasteiger partial charge in [-0.2, -0.15) is 0 Å². The second kappa shape index (κ2) is 5.04. The first-order valence-electron chi connectivity index (χ1n) is 5.97. The van der Waals surface area contributed by atoms with Gasteiger partial charge >= 0.3 is 0 Å². The number of fused-ring (bicyclic) bond motifs is 1. The maximum atomic E-state index is 12.1. The summed E-state index contributed by atoms with van der Waals surface area (Å²) in [7, 11) is 0. The molecule has 0 saturated carbocycles. The maximum absolute atomic E-state index is 12.1. The molecule has 0 spiro atoms. The number of carbonyl (C=O) groups excluding carboxylic acids is 2. The standard InChI is InChI=1S/C15H9BrClNO2/c16-12-4-2-1-3-9(12)8-18-13-7-10(17)5-6-11(13)14(19)15(18)20/h1-7H,8H2. The van der Waals surface area contributed by atoms with Gasteiger partial charge in [0.15, 0.2) is 0 Å². The summed E-state index contributed by atoms with van der Waals surface area (Å²) in [5.74, 6) is -0.998. The third-order valence-corrected chi connectivity index (χ3v) is 4.23. The van der Waals surface area contributed by atoms with Gasteiger partial charge in [0, 0.05) is 9.50 Å². The molecule has 0 bridgehead atoms. The van der Waals surface area contributed by atoms with Gasteiger partial charge in [-0.3, -0.25) is 9.59 Å². The number of hydrogen-bond donors (Lipinski definition) is 0. The Labute approximate surface area is 129 Å². The first-order chi connectivity index (χ1) is 9.58. The fraction of sp³-hybridized carbons (Fsp3) is 0.0667. The van der Waals surface area contributed by atoms with Crippen molar-refractivity contribution in [3.63, 3.8) is 0 Å². The van der Waals surface area contributed by atoms with Crippen LogP contribution in [0.2, 0.25) is 5.02 Å². The Morgan fingerprint density at radius 3 is 2.60 bits per heavy atom. The van der Waals surface area contributed by atoms with Crippen molar-refractivity contribution in [2.75, 3.05) is 4.90 Å². The van der Waals surface area contributed by atoms with Crippen LogP contribution >= 0.6 is 27.5 Å². The minimum absolute atomic E-state index is 0.333. The molecule has 1 aliphatic heterocycles. The summed E-state index contributed by atoms with van der Waals surface area (Å²) in [5.41, 5.74) is 1.91. The predicted molar refractivity (Wildman–Crippen MR) is 81.1 cm³/mol. The van der Waals surface area contributed by atoms with E-state index in [2.05, 4.69) is 15.9 Å².